The molecule has 2 unspecified atom stereocenters. The zero-order valence-electron chi connectivity index (χ0n) is 16.3. The molecule has 150 valence electrons. The first-order chi connectivity index (χ1) is 13.7. The lowest BCUT2D eigenvalue weighted by Crippen LogP contribution is -2.49. The molecular formula is C20H27N5O2S. The zero-order valence-corrected chi connectivity index (χ0v) is 17.1. The second kappa shape index (κ2) is 8.43. The molecule has 2 aromatic heterocycles. The molecule has 0 aliphatic carbocycles. The quantitative estimate of drug-likeness (QED) is 0.790. The second-order valence-electron chi connectivity index (χ2n) is 7.67. The van der Waals surface area contributed by atoms with Gasteiger partial charge in [-0.2, -0.15) is 0 Å². The van der Waals surface area contributed by atoms with Gasteiger partial charge in [0, 0.05) is 38.6 Å². The molecule has 2 aliphatic heterocycles. The van der Waals surface area contributed by atoms with E-state index in [0.29, 0.717) is 13.1 Å². The van der Waals surface area contributed by atoms with E-state index >= 15 is 0 Å². The largest absolute Gasteiger partial charge is 0.342 e. The van der Waals surface area contributed by atoms with E-state index in [1.807, 2.05) is 27.3 Å². The second-order valence-corrected chi connectivity index (χ2v) is 8.61. The fraction of sp³-hybridized carbons (Fsp3) is 0.600. The normalized spacial score (nSPS) is 23.0. The van der Waals surface area contributed by atoms with E-state index in [1.165, 1.54) is 11.3 Å². The third kappa shape index (κ3) is 3.83. The van der Waals surface area contributed by atoms with Gasteiger partial charge >= 0.3 is 0 Å². The molecule has 0 bridgehead atoms. The molecule has 0 aromatic carbocycles. The van der Waals surface area contributed by atoms with Crippen LogP contribution in [0.1, 0.15) is 54.0 Å². The fourth-order valence-corrected chi connectivity index (χ4v) is 5.08. The summed E-state index contributed by atoms with van der Waals surface area (Å²) in [6.07, 6.45) is 5.54. The lowest BCUT2D eigenvalue weighted by Gasteiger charge is -2.38. The van der Waals surface area contributed by atoms with Gasteiger partial charge in [0.2, 0.25) is 5.91 Å². The first-order valence-electron chi connectivity index (χ1n) is 10.2. The minimum Gasteiger partial charge on any atom is -0.342 e. The van der Waals surface area contributed by atoms with E-state index in [4.69, 9.17) is 0 Å². The average Bonchev–Trinajstić information content (AvgIpc) is 3.44. The van der Waals surface area contributed by atoms with Gasteiger partial charge in [-0.15, -0.1) is 21.5 Å². The molecule has 4 heterocycles. The van der Waals surface area contributed by atoms with Crippen LogP contribution in [0.4, 0.5) is 0 Å². The molecule has 0 saturated carbocycles. The summed E-state index contributed by atoms with van der Waals surface area (Å²) >= 11 is 1.46. The number of aromatic nitrogens is 3. The highest BCUT2D eigenvalue weighted by atomic mass is 32.1. The van der Waals surface area contributed by atoms with Gasteiger partial charge in [-0.25, -0.2) is 0 Å². The van der Waals surface area contributed by atoms with E-state index in [2.05, 4.69) is 21.7 Å². The van der Waals surface area contributed by atoms with Crippen molar-refractivity contribution in [2.75, 3.05) is 26.2 Å². The van der Waals surface area contributed by atoms with Gasteiger partial charge < -0.3 is 14.4 Å². The monoisotopic (exact) mass is 401 g/mol. The van der Waals surface area contributed by atoms with E-state index < -0.39 is 0 Å². The van der Waals surface area contributed by atoms with Crippen molar-refractivity contribution in [3.63, 3.8) is 0 Å². The predicted molar refractivity (Wildman–Crippen MR) is 107 cm³/mol. The van der Waals surface area contributed by atoms with Crippen molar-refractivity contribution in [3.05, 3.63) is 34.5 Å². The number of hydrogen-bond acceptors (Lipinski definition) is 5. The van der Waals surface area contributed by atoms with Gasteiger partial charge in [0.1, 0.15) is 12.2 Å². The van der Waals surface area contributed by atoms with Crippen molar-refractivity contribution in [3.8, 4) is 0 Å². The van der Waals surface area contributed by atoms with E-state index in [1.54, 1.807) is 6.33 Å². The molecule has 2 aliphatic rings. The molecule has 7 nitrogen and oxygen atoms in total. The van der Waals surface area contributed by atoms with Crippen molar-refractivity contribution in [1.29, 1.82) is 0 Å². The summed E-state index contributed by atoms with van der Waals surface area (Å²) in [6, 6.07) is 3.75. The predicted octanol–water partition coefficient (Wildman–Crippen LogP) is 2.62. The summed E-state index contributed by atoms with van der Waals surface area (Å²) in [7, 11) is 0. The standard InChI is InChI=1S/C20H27N5O2S/c1-2-23-14-21-22-18(23)15-6-3-9-24(12-15)19(26)16-7-4-10-25(13-16)20(27)17-8-5-11-28-17/h5,8,11,14-16H,2-4,6-7,9-10,12-13H2,1H3. The first kappa shape index (κ1) is 19.1. The van der Waals surface area contributed by atoms with Crippen molar-refractivity contribution < 1.29 is 9.59 Å². The maximum atomic E-state index is 13.2. The number of carbonyl (C=O) groups is 2. The van der Waals surface area contributed by atoms with Crippen LogP contribution in [0.5, 0.6) is 0 Å². The number of carbonyl (C=O) groups excluding carboxylic acids is 2. The number of amides is 2. The molecule has 0 radical (unpaired) electrons. The van der Waals surface area contributed by atoms with Crippen LogP contribution in [0.2, 0.25) is 0 Å². The van der Waals surface area contributed by atoms with Gasteiger partial charge in [0.05, 0.1) is 10.8 Å². The molecule has 2 saturated heterocycles. The SMILES string of the molecule is CCn1cnnc1C1CCCN(C(=O)C2CCCN(C(=O)c3cccs3)C2)C1. The third-order valence-corrected chi connectivity index (χ3v) is 6.73. The molecule has 8 heteroatoms. The Hall–Kier alpha value is -2.22. The molecule has 2 aromatic rings. The summed E-state index contributed by atoms with van der Waals surface area (Å²) in [5, 5.41) is 10.3. The minimum atomic E-state index is -0.0968. The Morgan fingerprint density at radius 3 is 2.79 bits per heavy atom. The third-order valence-electron chi connectivity index (χ3n) is 5.87. The number of nitrogens with zero attached hydrogens (tertiary/aromatic N) is 5. The highest BCUT2D eigenvalue weighted by molar-refractivity contribution is 7.12. The Labute approximate surface area is 169 Å². The molecule has 0 spiro atoms. The highest BCUT2D eigenvalue weighted by Crippen LogP contribution is 2.28. The summed E-state index contributed by atoms with van der Waals surface area (Å²) in [5.41, 5.74) is 0. The number of likely N-dealkylation sites (tertiary alicyclic amines) is 2. The van der Waals surface area contributed by atoms with Gasteiger partial charge in [-0.05, 0) is 44.1 Å². The Balaban J connectivity index is 1.41. The summed E-state index contributed by atoms with van der Waals surface area (Å²) in [4.78, 5) is 30.5. The van der Waals surface area contributed by atoms with Crippen molar-refractivity contribution in [2.24, 2.45) is 5.92 Å². The van der Waals surface area contributed by atoms with Crippen LogP contribution in [-0.2, 0) is 11.3 Å². The number of hydrogen-bond donors (Lipinski definition) is 0. The van der Waals surface area contributed by atoms with Gasteiger partial charge in [0.15, 0.2) is 0 Å². The number of aryl methyl sites for hydroxylation is 1. The van der Waals surface area contributed by atoms with Crippen LogP contribution >= 0.6 is 11.3 Å². The molecular weight excluding hydrogens is 374 g/mol. The van der Waals surface area contributed by atoms with Crippen molar-refractivity contribution in [1.82, 2.24) is 24.6 Å². The lowest BCUT2D eigenvalue weighted by molar-refractivity contribution is -0.138. The van der Waals surface area contributed by atoms with Crippen LogP contribution in [-0.4, -0.2) is 62.6 Å². The minimum absolute atomic E-state index is 0.0556. The molecule has 2 atom stereocenters. The van der Waals surface area contributed by atoms with Gasteiger partial charge in [0.25, 0.3) is 5.91 Å². The highest BCUT2D eigenvalue weighted by Gasteiger charge is 2.34. The smallest absolute Gasteiger partial charge is 0.263 e. The van der Waals surface area contributed by atoms with E-state index in [-0.39, 0.29) is 23.7 Å². The first-order valence-corrected chi connectivity index (χ1v) is 11.0. The molecule has 28 heavy (non-hydrogen) atoms. The van der Waals surface area contributed by atoms with Gasteiger partial charge in [-0.3, -0.25) is 9.59 Å². The van der Waals surface area contributed by atoms with Crippen LogP contribution in [0.3, 0.4) is 0 Å². The van der Waals surface area contributed by atoms with Gasteiger partial charge in [-0.1, -0.05) is 6.07 Å². The summed E-state index contributed by atoms with van der Waals surface area (Å²) in [5.74, 6) is 1.38. The Morgan fingerprint density at radius 2 is 2.00 bits per heavy atom. The molecule has 2 fully saturated rings. The topological polar surface area (TPSA) is 71.3 Å². The number of thiophene rings is 1. The lowest BCUT2D eigenvalue weighted by atomic mass is 9.92. The molecule has 4 rings (SSSR count). The van der Waals surface area contributed by atoms with Crippen LogP contribution in [0, 0.1) is 5.92 Å². The number of piperidine rings is 2. The maximum absolute atomic E-state index is 13.2. The molecule has 0 N–H and O–H groups in total. The molecule has 2 amide bonds. The Bertz CT molecular complexity index is 818. The average molecular weight is 402 g/mol. The fourth-order valence-electron chi connectivity index (χ4n) is 4.39. The van der Waals surface area contributed by atoms with Crippen LogP contribution < -0.4 is 0 Å². The Morgan fingerprint density at radius 1 is 1.18 bits per heavy atom. The number of rotatable bonds is 4. The van der Waals surface area contributed by atoms with Crippen molar-refractivity contribution in [2.45, 2.75) is 45.1 Å². The van der Waals surface area contributed by atoms with Crippen molar-refractivity contribution >= 4 is 23.2 Å². The summed E-state index contributed by atoms with van der Waals surface area (Å²) in [6.45, 7) is 5.69. The maximum Gasteiger partial charge on any atom is 0.263 e. The zero-order chi connectivity index (χ0) is 19.5. The van der Waals surface area contributed by atoms with Crippen LogP contribution in [0.25, 0.3) is 0 Å². The van der Waals surface area contributed by atoms with E-state index in [0.717, 1.165) is 56.0 Å². The van der Waals surface area contributed by atoms with E-state index in [9.17, 15) is 9.59 Å². The van der Waals surface area contributed by atoms with Crippen LogP contribution in [0.15, 0.2) is 23.8 Å². The Kier molecular flexibility index (Phi) is 5.75. The summed E-state index contributed by atoms with van der Waals surface area (Å²) < 4.78 is 2.07.